The highest BCUT2D eigenvalue weighted by Crippen LogP contribution is 2.39. The van der Waals surface area contributed by atoms with Crippen LogP contribution < -0.4 is 0 Å². The molecule has 0 saturated carbocycles. The van der Waals surface area contributed by atoms with Gasteiger partial charge in [0.15, 0.2) is 0 Å². The molecule has 0 aliphatic rings. The molecule has 2 aromatic heterocycles. The van der Waals surface area contributed by atoms with Gasteiger partial charge < -0.3 is 0 Å². The first kappa shape index (κ1) is 27.5. The minimum absolute atomic E-state index is 0.772. The van der Waals surface area contributed by atoms with Crippen LogP contribution in [0.25, 0.3) is 77.7 Å². The number of hydrogen-bond donors (Lipinski definition) is 0. The van der Waals surface area contributed by atoms with Gasteiger partial charge in [0.2, 0.25) is 0 Å². The van der Waals surface area contributed by atoms with Crippen LogP contribution in [0.15, 0.2) is 146 Å². The summed E-state index contributed by atoms with van der Waals surface area (Å²) in [6.45, 7) is 3.90. The van der Waals surface area contributed by atoms with E-state index in [4.69, 9.17) is 9.97 Å². The summed E-state index contributed by atoms with van der Waals surface area (Å²) in [6.07, 6.45) is 0. The van der Waals surface area contributed by atoms with E-state index in [1.165, 1.54) is 22.3 Å². The summed E-state index contributed by atoms with van der Waals surface area (Å²) in [5.41, 5.74) is 13.1. The highest BCUT2D eigenvalue weighted by Gasteiger charge is 2.15. The Kier molecular flexibility index (Phi) is 6.88. The molecule has 2 heterocycles. The fourth-order valence-electron chi connectivity index (χ4n) is 6.38. The van der Waals surface area contributed by atoms with Gasteiger partial charge in [0.05, 0.1) is 22.4 Å². The molecule has 8 aromatic rings. The summed E-state index contributed by atoms with van der Waals surface area (Å²) in [6, 6.07) is 51.2. The van der Waals surface area contributed by atoms with Crippen LogP contribution in [0.2, 0.25) is 0 Å². The van der Waals surface area contributed by atoms with Crippen molar-refractivity contribution < 1.29 is 0 Å². The molecule has 0 aliphatic heterocycles. The average molecular weight is 591 g/mol. The van der Waals surface area contributed by atoms with E-state index in [2.05, 4.69) is 119 Å². The maximum absolute atomic E-state index is 4.81. The second-order valence-electron chi connectivity index (χ2n) is 11.5. The highest BCUT2D eigenvalue weighted by atomic mass is 14.9. The topological polar surface area (TPSA) is 51.6 Å². The third kappa shape index (κ3) is 5.00. The predicted octanol–water partition coefficient (Wildman–Crippen LogP) is 10.5. The van der Waals surface area contributed by atoms with Gasteiger partial charge in [-0.3, -0.25) is 0 Å². The molecular weight excluding hydrogens is 560 g/mol. The Morgan fingerprint density at radius 3 is 1.04 bits per heavy atom. The molecular formula is C42H30N4. The highest BCUT2D eigenvalue weighted by molar-refractivity contribution is 5.96. The quantitative estimate of drug-likeness (QED) is 0.200. The fourth-order valence-corrected chi connectivity index (χ4v) is 6.38. The zero-order chi connectivity index (χ0) is 31.0. The largest absolute Gasteiger partial charge is 0.233 e. The molecule has 0 atom stereocenters. The Morgan fingerprint density at radius 2 is 0.630 bits per heavy atom. The Morgan fingerprint density at radius 1 is 0.304 bits per heavy atom. The van der Waals surface area contributed by atoms with Gasteiger partial charge >= 0.3 is 0 Å². The lowest BCUT2D eigenvalue weighted by atomic mass is 9.89. The van der Waals surface area contributed by atoms with Crippen LogP contribution >= 0.6 is 0 Å². The predicted molar refractivity (Wildman–Crippen MR) is 189 cm³/mol. The fraction of sp³-hybridized carbons (Fsp3) is 0.0476. The molecule has 0 fully saturated rings. The third-order valence-corrected chi connectivity index (χ3v) is 8.51. The van der Waals surface area contributed by atoms with E-state index in [0.29, 0.717) is 0 Å². The lowest BCUT2D eigenvalue weighted by molar-refractivity contribution is 1.10. The molecule has 218 valence electrons. The molecule has 8 rings (SSSR count). The van der Waals surface area contributed by atoms with Crippen LogP contribution in [0.5, 0.6) is 0 Å². The zero-order valence-electron chi connectivity index (χ0n) is 25.6. The van der Waals surface area contributed by atoms with E-state index in [1.54, 1.807) is 0 Å². The standard InChI is InChI=1S/C42H30N4/c1-27-43-39-17-9-7-15-37(39)41(45-27)31-23-19-29(20-24-31)33-11-3-5-13-35(33)36-14-6-4-12-34(36)30-21-25-32(26-22-30)42-38-16-8-10-18-40(38)44-28(2)46-42/h3-26H,1-2H3. The van der Waals surface area contributed by atoms with E-state index in [1.807, 2.05) is 50.2 Å². The van der Waals surface area contributed by atoms with E-state index in [-0.39, 0.29) is 0 Å². The molecule has 6 aromatic carbocycles. The van der Waals surface area contributed by atoms with Crippen LogP contribution in [0.4, 0.5) is 0 Å². The van der Waals surface area contributed by atoms with E-state index >= 15 is 0 Å². The molecule has 4 heteroatoms. The second-order valence-corrected chi connectivity index (χ2v) is 11.5. The van der Waals surface area contributed by atoms with Gasteiger partial charge in [-0.15, -0.1) is 0 Å². The van der Waals surface area contributed by atoms with E-state index in [9.17, 15) is 0 Å². The summed E-state index contributed by atoms with van der Waals surface area (Å²) >= 11 is 0. The lowest BCUT2D eigenvalue weighted by Crippen LogP contribution is -1.94. The van der Waals surface area contributed by atoms with E-state index < -0.39 is 0 Å². The number of fused-ring (bicyclic) bond motifs is 2. The van der Waals surface area contributed by atoms with Crippen molar-refractivity contribution in [3.63, 3.8) is 0 Å². The number of rotatable bonds is 5. The van der Waals surface area contributed by atoms with Crippen LogP contribution in [-0.4, -0.2) is 19.9 Å². The van der Waals surface area contributed by atoms with Crippen LogP contribution in [0, 0.1) is 13.8 Å². The summed E-state index contributed by atoms with van der Waals surface area (Å²) in [5, 5.41) is 2.12. The molecule has 0 saturated heterocycles. The van der Waals surface area contributed by atoms with Gasteiger partial charge in [0.25, 0.3) is 0 Å². The smallest absolute Gasteiger partial charge is 0.126 e. The first-order chi connectivity index (χ1) is 22.6. The molecule has 0 aliphatic carbocycles. The minimum Gasteiger partial charge on any atom is -0.233 e. The summed E-state index contributed by atoms with van der Waals surface area (Å²) in [4.78, 5) is 18.9. The van der Waals surface area contributed by atoms with Crippen LogP contribution in [-0.2, 0) is 0 Å². The Balaban J connectivity index is 1.17. The monoisotopic (exact) mass is 590 g/mol. The number of nitrogens with zero attached hydrogens (tertiary/aromatic N) is 4. The van der Waals surface area contributed by atoms with Gasteiger partial charge in [0.1, 0.15) is 11.6 Å². The summed E-state index contributed by atoms with van der Waals surface area (Å²) in [5.74, 6) is 1.54. The third-order valence-electron chi connectivity index (χ3n) is 8.51. The Labute approximate surface area is 268 Å². The van der Waals surface area contributed by atoms with Gasteiger partial charge in [-0.1, -0.05) is 133 Å². The normalized spacial score (nSPS) is 11.3. The Bertz CT molecular complexity index is 2200. The number of para-hydroxylation sites is 2. The summed E-state index contributed by atoms with van der Waals surface area (Å²) < 4.78 is 0. The molecule has 0 N–H and O–H groups in total. The van der Waals surface area contributed by atoms with Crippen molar-refractivity contribution in [3.8, 4) is 55.9 Å². The van der Waals surface area contributed by atoms with Crippen molar-refractivity contribution in [2.24, 2.45) is 0 Å². The molecule has 0 bridgehead atoms. The number of aromatic nitrogens is 4. The first-order valence-electron chi connectivity index (χ1n) is 15.5. The molecule has 0 amide bonds. The minimum atomic E-state index is 0.772. The Hall–Kier alpha value is -6.00. The SMILES string of the molecule is Cc1nc(-c2ccc(-c3ccccc3-c3ccccc3-c3ccc(-c4nc(C)nc5ccccc45)cc3)cc2)c2ccccc2n1. The number of aryl methyl sites for hydroxylation is 2. The second kappa shape index (κ2) is 11.5. The van der Waals surface area contributed by atoms with Gasteiger partial charge in [-0.2, -0.15) is 0 Å². The van der Waals surface area contributed by atoms with Crippen molar-refractivity contribution in [2.75, 3.05) is 0 Å². The molecule has 0 radical (unpaired) electrons. The van der Waals surface area contributed by atoms with Crippen LogP contribution in [0.1, 0.15) is 11.6 Å². The number of benzene rings is 6. The molecule has 0 unspecified atom stereocenters. The maximum atomic E-state index is 4.81. The van der Waals surface area contributed by atoms with Crippen LogP contribution in [0.3, 0.4) is 0 Å². The lowest BCUT2D eigenvalue weighted by Gasteiger charge is -2.16. The zero-order valence-corrected chi connectivity index (χ0v) is 25.6. The van der Waals surface area contributed by atoms with Gasteiger partial charge in [-0.05, 0) is 59.4 Å². The molecule has 4 nitrogen and oxygen atoms in total. The first-order valence-corrected chi connectivity index (χ1v) is 15.5. The van der Waals surface area contributed by atoms with Gasteiger partial charge in [-0.25, -0.2) is 19.9 Å². The molecule has 46 heavy (non-hydrogen) atoms. The van der Waals surface area contributed by atoms with Crippen molar-refractivity contribution in [1.82, 2.24) is 19.9 Å². The van der Waals surface area contributed by atoms with Crippen molar-refractivity contribution in [2.45, 2.75) is 13.8 Å². The maximum Gasteiger partial charge on any atom is 0.126 e. The molecule has 0 spiro atoms. The van der Waals surface area contributed by atoms with Crippen molar-refractivity contribution in [1.29, 1.82) is 0 Å². The van der Waals surface area contributed by atoms with Gasteiger partial charge in [0, 0.05) is 21.9 Å². The summed E-state index contributed by atoms with van der Waals surface area (Å²) in [7, 11) is 0. The average Bonchev–Trinajstić information content (AvgIpc) is 3.11. The van der Waals surface area contributed by atoms with Crippen molar-refractivity contribution >= 4 is 21.8 Å². The van der Waals surface area contributed by atoms with Crippen molar-refractivity contribution in [3.05, 3.63) is 157 Å². The van der Waals surface area contributed by atoms with E-state index in [0.717, 1.165) is 67.1 Å². The number of hydrogen-bond acceptors (Lipinski definition) is 4.